The van der Waals surface area contributed by atoms with E-state index in [1.54, 1.807) is 6.07 Å². The average molecular weight is 233 g/mol. The molecule has 0 amide bonds. The van der Waals surface area contributed by atoms with E-state index in [0.29, 0.717) is 18.8 Å². The predicted molar refractivity (Wildman–Crippen MR) is 70.1 cm³/mol. The molecule has 0 radical (unpaired) electrons. The molecule has 0 spiro atoms. The van der Waals surface area contributed by atoms with Crippen molar-refractivity contribution in [2.75, 3.05) is 30.8 Å². The zero-order chi connectivity index (χ0) is 12.8. The van der Waals surface area contributed by atoms with E-state index in [1.165, 1.54) is 0 Å². The van der Waals surface area contributed by atoms with Crippen molar-refractivity contribution in [3.63, 3.8) is 0 Å². The van der Waals surface area contributed by atoms with Crippen LogP contribution < -0.4 is 15.4 Å². The average Bonchev–Trinajstić information content (AvgIpc) is 2.28. The van der Waals surface area contributed by atoms with E-state index in [4.69, 9.17) is 15.7 Å². The third kappa shape index (κ3) is 3.87. The maximum atomic E-state index is 8.80. The van der Waals surface area contributed by atoms with Crippen LogP contribution in [0, 0.1) is 17.2 Å². The van der Waals surface area contributed by atoms with Crippen molar-refractivity contribution in [1.82, 2.24) is 0 Å². The molecule has 0 aromatic heterocycles. The Balaban J connectivity index is 2.86. The summed E-state index contributed by atoms with van der Waals surface area (Å²) in [6, 6.07) is 7.83. The highest BCUT2D eigenvalue weighted by Gasteiger charge is 2.08. The molecular formula is C13H19N3O. The molecule has 92 valence electrons. The third-order valence-corrected chi connectivity index (χ3v) is 2.43. The number of anilines is 2. The molecule has 1 atom stereocenters. The molecular weight excluding hydrogens is 214 g/mol. The van der Waals surface area contributed by atoms with E-state index in [-0.39, 0.29) is 5.92 Å². The van der Waals surface area contributed by atoms with Crippen molar-refractivity contribution >= 4 is 11.4 Å². The fraction of sp³-hybridized carbons (Fsp3) is 0.462. The minimum absolute atomic E-state index is 0.0167. The monoisotopic (exact) mass is 233 g/mol. The fourth-order valence-electron chi connectivity index (χ4n) is 1.63. The van der Waals surface area contributed by atoms with Gasteiger partial charge >= 0.3 is 0 Å². The van der Waals surface area contributed by atoms with Crippen molar-refractivity contribution in [2.24, 2.45) is 5.92 Å². The zero-order valence-corrected chi connectivity index (χ0v) is 10.6. The van der Waals surface area contributed by atoms with Gasteiger partial charge < -0.3 is 15.4 Å². The van der Waals surface area contributed by atoms with Gasteiger partial charge in [0.15, 0.2) is 0 Å². The second-order valence-electron chi connectivity index (χ2n) is 4.10. The first kappa shape index (κ1) is 13.2. The van der Waals surface area contributed by atoms with Gasteiger partial charge in [-0.15, -0.1) is 0 Å². The molecule has 1 aromatic rings. The summed E-state index contributed by atoms with van der Waals surface area (Å²) in [6.07, 6.45) is 0. The van der Waals surface area contributed by atoms with E-state index in [2.05, 4.69) is 6.07 Å². The van der Waals surface area contributed by atoms with Gasteiger partial charge in [0.2, 0.25) is 0 Å². The van der Waals surface area contributed by atoms with Crippen molar-refractivity contribution in [3.05, 3.63) is 18.2 Å². The Kier molecular flexibility index (Phi) is 4.65. The fourth-order valence-corrected chi connectivity index (χ4v) is 1.63. The lowest BCUT2D eigenvalue weighted by molar-refractivity contribution is 0.340. The predicted octanol–water partition coefficient (Wildman–Crippen LogP) is 2.26. The van der Waals surface area contributed by atoms with Gasteiger partial charge in [-0.3, -0.25) is 0 Å². The summed E-state index contributed by atoms with van der Waals surface area (Å²) in [5.74, 6) is 0.746. The van der Waals surface area contributed by atoms with Crippen LogP contribution in [0.3, 0.4) is 0 Å². The molecule has 17 heavy (non-hydrogen) atoms. The van der Waals surface area contributed by atoms with Gasteiger partial charge in [0.1, 0.15) is 5.75 Å². The lowest BCUT2D eigenvalue weighted by Gasteiger charge is -2.21. The summed E-state index contributed by atoms with van der Waals surface area (Å²) in [5.41, 5.74) is 7.46. The third-order valence-electron chi connectivity index (χ3n) is 2.43. The first-order chi connectivity index (χ1) is 8.06. The van der Waals surface area contributed by atoms with Crippen LogP contribution in [-0.4, -0.2) is 20.2 Å². The molecule has 4 heteroatoms. The molecule has 0 aliphatic rings. The maximum Gasteiger partial charge on any atom is 0.123 e. The highest BCUT2D eigenvalue weighted by molar-refractivity contribution is 5.60. The Hall–Kier alpha value is -1.89. The minimum atomic E-state index is -0.0167. The highest BCUT2D eigenvalue weighted by atomic mass is 16.5. The number of ether oxygens (including phenoxy) is 1. The molecule has 1 aromatic carbocycles. The molecule has 1 unspecified atom stereocenters. The molecule has 4 nitrogen and oxygen atoms in total. The summed E-state index contributed by atoms with van der Waals surface area (Å²) in [5, 5.41) is 8.80. The van der Waals surface area contributed by atoms with Gasteiger partial charge in [-0.1, -0.05) is 0 Å². The van der Waals surface area contributed by atoms with E-state index in [1.807, 2.05) is 37.9 Å². The topological polar surface area (TPSA) is 62.3 Å². The molecule has 0 saturated carbocycles. The molecule has 0 aliphatic carbocycles. The van der Waals surface area contributed by atoms with Crippen LogP contribution in [0.2, 0.25) is 0 Å². The number of nitrogen functional groups attached to an aromatic ring is 1. The van der Waals surface area contributed by atoms with Crippen LogP contribution in [0.15, 0.2) is 18.2 Å². The Bertz CT molecular complexity index is 412. The number of hydrogen-bond donors (Lipinski definition) is 1. The maximum absolute atomic E-state index is 8.80. The summed E-state index contributed by atoms with van der Waals surface area (Å²) in [6.45, 7) is 5.11. The van der Waals surface area contributed by atoms with Gasteiger partial charge in [-0.2, -0.15) is 5.26 Å². The number of nitrogens with zero attached hydrogens (tertiary/aromatic N) is 2. The lowest BCUT2D eigenvalue weighted by atomic mass is 10.2. The van der Waals surface area contributed by atoms with Gasteiger partial charge in [-0.25, -0.2) is 0 Å². The summed E-state index contributed by atoms with van der Waals surface area (Å²) in [4.78, 5) is 2.01. The Labute approximate surface area is 103 Å². The number of hydrogen-bond acceptors (Lipinski definition) is 4. The summed E-state index contributed by atoms with van der Waals surface area (Å²) >= 11 is 0. The number of rotatable bonds is 5. The number of benzene rings is 1. The molecule has 0 saturated heterocycles. The van der Waals surface area contributed by atoms with E-state index in [9.17, 15) is 0 Å². The highest BCUT2D eigenvalue weighted by Crippen LogP contribution is 2.25. The first-order valence-corrected chi connectivity index (χ1v) is 5.71. The van der Waals surface area contributed by atoms with Crippen LogP contribution in [-0.2, 0) is 0 Å². The quantitative estimate of drug-likeness (QED) is 0.792. The van der Waals surface area contributed by atoms with Crippen molar-refractivity contribution in [1.29, 1.82) is 5.26 Å². The van der Waals surface area contributed by atoms with Crippen LogP contribution >= 0.6 is 0 Å². The second-order valence-corrected chi connectivity index (χ2v) is 4.10. The molecule has 2 N–H and O–H groups in total. The lowest BCUT2D eigenvalue weighted by Crippen LogP contribution is -2.23. The van der Waals surface area contributed by atoms with Crippen molar-refractivity contribution in [3.8, 4) is 11.8 Å². The minimum Gasteiger partial charge on any atom is -0.494 e. The number of nitriles is 1. The van der Waals surface area contributed by atoms with Gasteiger partial charge in [0.05, 0.1) is 18.6 Å². The van der Waals surface area contributed by atoms with Gasteiger partial charge in [0, 0.05) is 37.1 Å². The van der Waals surface area contributed by atoms with Crippen molar-refractivity contribution < 1.29 is 4.74 Å². The Morgan fingerprint density at radius 1 is 1.47 bits per heavy atom. The van der Waals surface area contributed by atoms with Gasteiger partial charge in [0.25, 0.3) is 0 Å². The largest absolute Gasteiger partial charge is 0.494 e. The van der Waals surface area contributed by atoms with Crippen LogP contribution in [0.25, 0.3) is 0 Å². The van der Waals surface area contributed by atoms with Crippen LogP contribution in [0.1, 0.15) is 13.8 Å². The molecule has 1 rings (SSSR count). The zero-order valence-electron chi connectivity index (χ0n) is 10.6. The van der Waals surface area contributed by atoms with Crippen LogP contribution in [0.5, 0.6) is 5.75 Å². The number of nitrogens with two attached hydrogens (primary N) is 1. The van der Waals surface area contributed by atoms with E-state index >= 15 is 0 Å². The first-order valence-electron chi connectivity index (χ1n) is 5.71. The molecule has 0 aliphatic heterocycles. The van der Waals surface area contributed by atoms with E-state index < -0.39 is 0 Å². The van der Waals surface area contributed by atoms with Gasteiger partial charge in [-0.05, 0) is 19.9 Å². The van der Waals surface area contributed by atoms with E-state index in [0.717, 1.165) is 11.4 Å². The normalized spacial score (nSPS) is 11.6. The smallest absolute Gasteiger partial charge is 0.123 e. The van der Waals surface area contributed by atoms with Crippen molar-refractivity contribution in [2.45, 2.75) is 13.8 Å². The molecule has 0 heterocycles. The molecule has 0 bridgehead atoms. The Morgan fingerprint density at radius 3 is 2.76 bits per heavy atom. The van der Waals surface area contributed by atoms with Crippen LogP contribution in [0.4, 0.5) is 11.4 Å². The summed E-state index contributed by atoms with van der Waals surface area (Å²) in [7, 11) is 1.94. The molecule has 0 fully saturated rings. The summed E-state index contributed by atoms with van der Waals surface area (Å²) < 4.78 is 5.44. The Morgan fingerprint density at radius 2 is 2.18 bits per heavy atom. The standard InChI is InChI=1S/C13H19N3O/c1-4-17-13-6-11(15)5-12(7-13)16(3)9-10(2)8-14/h5-7,10H,4,9,15H2,1-3H3. The second kappa shape index (κ2) is 6.00. The SMILES string of the molecule is CCOc1cc(N)cc(N(C)CC(C)C#N)c1.